The standard InChI is InChI=1S/3C18H34O2.Cr/c3*1-2-3-4-5-6-7-8-9-10-11-12-13-14-15-16-17-18(19)20;/h3*9-10H,2-8,11-17H2,1H3,(H,19,20);/q;;;+3/p-3/b2*10-9+;10-9-;. The van der Waals surface area contributed by atoms with Crippen molar-refractivity contribution in [3.05, 3.63) is 36.5 Å². The first kappa shape index (κ1) is 65.8. The Balaban J connectivity index is -0.000000396. The molecule has 0 aliphatic rings. The zero-order valence-corrected chi connectivity index (χ0v) is 41.8. The van der Waals surface area contributed by atoms with E-state index in [0.717, 1.165) is 57.8 Å². The normalized spacial score (nSPS) is 11.1. The Morgan fingerprint density at radius 2 is 0.410 bits per heavy atom. The summed E-state index contributed by atoms with van der Waals surface area (Å²) >= 11 is 0. The maximum absolute atomic E-state index is 10.2. The molecule has 61 heavy (non-hydrogen) atoms. The number of carbonyl (C=O) groups is 3. The van der Waals surface area contributed by atoms with E-state index in [4.69, 9.17) is 0 Å². The fourth-order valence-corrected chi connectivity index (χ4v) is 7.02. The minimum Gasteiger partial charge on any atom is -0.550 e. The number of allylic oxidation sites excluding steroid dienone is 6. The third-order valence-corrected chi connectivity index (χ3v) is 10.9. The van der Waals surface area contributed by atoms with Gasteiger partial charge < -0.3 is 29.7 Å². The number of unbranched alkanes of at least 4 members (excludes halogenated alkanes) is 33. The molecular formula is C54H99CrO6. The van der Waals surface area contributed by atoms with Crippen molar-refractivity contribution in [3.63, 3.8) is 0 Å². The summed E-state index contributed by atoms with van der Waals surface area (Å²) in [6.45, 7) is 6.77. The molecule has 1 radical (unpaired) electrons. The van der Waals surface area contributed by atoms with Gasteiger partial charge in [-0.3, -0.25) is 0 Å². The van der Waals surface area contributed by atoms with E-state index in [9.17, 15) is 29.7 Å². The minimum atomic E-state index is -0.914. The van der Waals surface area contributed by atoms with Crippen molar-refractivity contribution in [2.45, 2.75) is 290 Å². The van der Waals surface area contributed by atoms with Crippen LogP contribution in [0.4, 0.5) is 0 Å². The van der Waals surface area contributed by atoms with E-state index in [0.29, 0.717) is 0 Å². The fraction of sp³-hybridized carbons (Fsp3) is 0.833. The third kappa shape index (κ3) is 75.9. The Morgan fingerprint density at radius 3 is 0.574 bits per heavy atom. The molecule has 0 amide bonds. The van der Waals surface area contributed by atoms with Crippen LogP contribution < -0.4 is 15.3 Å². The van der Waals surface area contributed by atoms with Crippen LogP contribution in [-0.4, -0.2) is 17.9 Å². The van der Waals surface area contributed by atoms with Gasteiger partial charge in [0.15, 0.2) is 0 Å². The van der Waals surface area contributed by atoms with Crippen LogP contribution in [0.2, 0.25) is 0 Å². The molecule has 6 nitrogen and oxygen atoms in total. The first-order chi connectivity index (χ1) is 29.3. The zero-order valence-electron chi connectivity index (χ0n) is 40.5. The second-order valence-electron chi connectivity index (χ2n) is 17.1. The van der Waals surface area contributed by atoms with Gasteiger partial charge in [-0.25, -0.2) is 0 Å². The van der Waals surface area contributed by atoms with Crippen LogP contribution >= 0.6 is 0 Å². The second kappa shape index (κ2) is 62.5. The number of carbonyl (C=O) groups excluding carboxylic acids is 3. The van der Waals surface area contributed by atoms with Crippen molar-refractivity contribution < 1.29 is 47.1 Å². The van der Waals surface area contributed by atoms with Crippen molar-refractivity contribution in [2.75, 3.05) is 0 Å². The number of carboxylic acid groups (broad SMARTS) is 3. The molecule has 0 N–H and O–H groups in total. The predicted molar refractivity (Wildman–Crippen MR) is 253 cm³/mol. The summed E-state index contributed by atoms with van der Waals surface area (Å²) in [6, 6.07) is 0. The first-order valence-electron chi connectivity index (χ1n) is 25.9. The summed E-state index contributed by atoms with van der Waals surface area (Å²) in [7, 11) is 0. The Morgan fingerprint density at radius 1 is 0.262 bits per heavy atom. The molecule has 0 aliphatic heterocycles. The third-order valence-electron chi connectivity index (χ3n) is 10.9. The summed E-state index contributed by atoms with van der Waals surface area (Å²) < 4.78 is 0. The predicted octanol–water partition coefficient (Wildman–Crippen LogP) is 14.3. The van der Waals surface area contributed by atoms with Gasteiger partial charge in [0.25, 0.3) is 0 Å². The maximum Gasteiger partial charge on any atom is 3.00 e. The van der Waals surface area contributed by atoms with Gasteiger partial charge in [-0.05, 0) is 116 Å². The van der Waals surface area contributed by atoms with Crippen molar-refractivity contribution >= 4 is 17.9 Å². The molecule has 357 valence electrons. The fourth-order valence-electron chi connectivity index (χ4n) is 7.02. The summed E-state index contributed by atoms with van der Waals surface area (Å²) in [6.07, 6.45) is 62.7. The second-order valence-corrected chi connectivity index (χ2v) is 17.1. The van der Waals surface area contributed by atoms with Crippen LogP contribution in [0, 0.1) is 0 Å². The van der Waals surface area contributed by atoms with E-state index < -0.39 is 17.9 Å². The van der Waals surface area contributed by atoms with Gasteiger partial charge in [0.05, 0.1) is 0 Å². The molecule has 0 aromatic carbocycles. The zero-order chi connectivity index (χ0) is 44.7. The molecule has 0 aromatic heterocycles. The van der Waals surface area contributed by atoms with Crippen LogP contribution in [0.3, 0.4) is 0 Å². The number of hydrogen-bond acceptors (Lipinski definition) is 6. The van der Waals surface area contributed by atoms with Gasteiger partial charge in [0, 0.05) is 17.9 Å². The van der Waals surface area contributed by atoms with Gasteiger partial charge in [0.1, 0.15) is 0 Å². The van der Waals surface area contributed by atoms with Crippen LogP contribution in [0.15, 0.2) is 36.5 Å². The van der Waals surface area contributed by atoms with Gasteiger partial charge in [0.2, 0.25) is 0 Å². The molecule has 7 heteroatoms. The van der Waals surface area contributed by atoms with E-state index in [1.807, 2.05) is 0 Å². The van der Waals surface area contributed by atoms with E-state index in [1.54, 1.807) is 0 Å². The van der Waals surface area contributed by atoms with Gasteiger partial charge >= 0.3 is 17.4 Å². The van der Waals surface area contributed by atoms with Gasteiger partial charge in [-0.2, -0.15) is 0 Å². The summed E-state index contributed by atoms with van der Waals surface area (Å²) in [5.41, 5.74) is 0. The number of rotatable bonds is 45. The summed E-state index contributed by atoms with van der Waals surface area (Å²) in [5, 5.41) is 30.6. The van der Waals surface area contributed by atoms with E-state index >= 15 is 0 Å². The SMILES string of the molecule is CCCCCCCC/C=C/CCCCCCCC(=O)[O-].CCCCCCCC/C=C/CCCCCCCC(=O)[O-].CCCCCCCC/C=C\CCCCCCCC(=O)[O-].[Cr+3]. The summed E-state index contributed by atoms with van der Waals surface area (Å²) in [4.78, 5) is 30.6. The average Bonchev–Trinajstić information content (AvgIpc) is 3.22. The molecule has 0 heterocycles. The van der Waals surface area contributed by atoms with Gasteiger partial charge in [-0.1, -0.05) is 211 Å². The average molecular weight is 896 g/mol. The van der Waals surface area contributed by atoms with Crippen LogP contribution in [0.5, 0.6) is 0 Å². The molecule has 0 rings (SSSR count). The van der Waals surface area contributed by atoms with Crippen molar-refractivity contribution in [1.82, 2.24) is 0 Å². The molecule has 0 spiro atoms. The van der Waals surface area contributed by atoms with Crippen molar-refractivity contribution in [3.8, 4) is 0 Å². The first-order valence-corrected chi connectivity index (χ1v) is 25.9. The van der Waals surface area contributed by atoms with E-state index in [-0.39, 0.29) is 36.6 Å². The smallest absolute Gasteiger partial charge is 0.550 e. The Hall–Kier alpha value is -1.84. The van der Waals surface area contributed by atoms with Gasteiger partial charge in [-0.15, -0.1) is 0 Å². The van der Waals surface area contributed by atoms with Crippen LogP contribution in [-0.2, 0) is 31.7 Å². The number of carboxylic acids is 3. The minimum absolute atomic E-state index is 0. The molecule has 0 aromatic rings. The molecular weight excluding hydrogens is 797 g/mol. The van der Waals surface area contributed by atoms with E-state index in [2.05, 4.69) is 57.2 Å². The summed E-state index contributed by atoms with van der Waals surface area (Å²) in [5.74, 6) is -2.74. The molecule has 0 bridgehead atoms. The molecule has 0 saturated carbocycles. The molecule has 0 aliphatic carbocycles. The van der Waals surface area contributed by atoms with Crippen molar-refractivity contribution in [1.29, 1.82) is 0 Å². The Labute approximate surface area is 390 Å². The largest absolute Gasteiger partial charge is 3.00 e. The van der Waals surface area contributed by atoms with E-state index in [1.165, 1.54) is 193 Å². The molecule has 0 fully saturated rings. The Kier molecular flexibility index (Phi) is 67.3. The number of hydrogen-bond donors (Lipinski definition) is 0. The topological polar surface area (TPSA) is 120 Å². The van der Waals surface area contributed by atoms with Crippen LogP contribution in [0.25, 0.3) is 0 Å². The number of aliphatic carboxylic acids is 3. The molecule has 0 saturated heterocycles. The maximum atomic E-state index is 10.2. The monoisotopic (exact) mass is 896 g/mol. The van der Waals surface area contributed by atoms with Crippen molar-refractivity contribution in [2.24, 2.45) is 0 Å². The molecule has 0 atom stereocenters. The Bertz CT molecular complexity index is 827. The van der Waals surface area contributed by atoms with Crippen LogP contribution in [0.1, 0.15) is 290 Å². The molecule has 0 unspecified atom stereocenters. The quantitative estimate of drug-likeness (QED) is 0.0443.